The van der Waals surface area contributed by atoms with Crippen LogP contribution in [0.5, 0.6) is 0 Å². The molecule has 0 saturated heterocycles. The van der Waals surface area contributed by atoms with Gasteiger partial charge in [0.05, 0.1) is 15.9 Å². The van der Waals surface area contributed by atoms with Crippen LogP contribution in [0.3, 0.4) is 0 Å². The van der Waals surface area contributed by atoms with Crippen LogP contribution in [-0.2, 0) is 0 Å². The van der Waals surface area contributed by atoms with Gasteiger partial charge < -0.3 is 9.90 Å². The zero-order chi connectivity index (χ0) is 10.9. The van der Waals surface area contributed by atoms with Gasteiger partial charge in [-0.15, -0.1) is 0 Å². The van der Waals surface area contributed by atoms with Crippen molar-refractivity contribution in [3.05, 3.63) is 37.9 Å². The molecule has 0 spiro atoms. The van der Waals surface area contributed by atoms with Crippen LogP contribution in [0, 0.1) is 10.1 Å². The normalized spacial score (nSPS) is 9.20. The molecule has 8 heteroatoms. The molecule has 0 fully saturated rings. The van der Waals surface area contributed by atoms with Gasteiger partial charge in [0, 0.05) is 11.6 Å². The van der Waals surface area contributed by atoms with Crippen LogP contribution in [-0.4, -0.2) is 10.9 Å². The second-order valence-corrected chi connectivity index (χ2v) is 3.14. The first-order valence-electron chi connectivity index (χ1n) is 3.28. The second kappa shape index (κ2) is 5.67. The van der Waals surface area contributed by atoms with Crippen molar-refractivity contribution in [2.24, 2.45) is 0 Å². The summed E-state index contributed by atoms with van der Waals surface area (Å²) in [5, 5.41) is 20.4. The van der Waals surface area contributed by atoms with Gasteiger partial charge >= 0.3 is 29.6 Å². The molecule has 0 radical (unpaired) electrons. The van der Waals surface area contributed by atoms with E-state index in [4.69, 9.17) is 23.2 Å². The molecule has 5 nitrogen and oxygen atoms in total. The predicted molar refractivity (Wildman–Crippen MR) is 47.4 cm³/mol. The van der Waals surface area contributed by atoms with E-state index in [0.717, 1.165) is 12.1 Å². The van der Waals surface area contributed by atoms with Crippen molar-refractivity contribution < 1.29 is 44.4 Å². The summed E-state index contributed by atoms with van der Waals surface area (Å²) in [6.45, 7) is 0. The number of carboxylic acids is 1. The molecule has 0 N–H and O–H groups in total. The Morgan fingerprint density at radius 1 is 1.27 bits per heavy atom. The maximum Gasteiger partial charge on any atom is 1.00 e. The Labute approximate surface area is 116 Å². The van der Waals surface area contributed by atoms with Gasteiger partial charge in [-0.1, -0.05) is 23.2 Å². The number of benzene rings is 1. The molecule has 15 heavy (non-hydrogen) atoms. The average Bonchev–Trinajstić information content (AvgIpc) is 2.02. The number of nitro groups is 1. The smallest absolute Gasteiger partial charge is 0.545 e. The molecular formula is C7H2Cl2NNaO4. The van der Waals surface area contributed by atoms with Crippen molar-refractivity contribution in [1.29, 1.82) is 0 Å². The summed E-state index contributed by atoms with van der Waals surface area (Å²) >= 11 is 10.9. The molecule has 0 saturated carbocycles. The quantitative estimate of drug-likeness (QED) is 0.358. The van der Waals surface area contributed by atoms with Gasteiger partial charge in [0.25, 0.3) is 5.69 Å². The predicted octanol–water partition coefficient (Wildman–Crippen LogP) is -1.73. The van der Waals surface area contributed by atoms with Crippen molar-refractivity contribution in [1.82, 2.24) is 0 Å². The first-order chi connectivity index (χ1) is 6.43. The number of carbonyl (C=O) groups is 1. The molecule has 0 aliphatic heterocycles. The van der Waals surface area contributed by atoms with Gasteiger partial charge in [0.2, 0.25) is 0 Å². The Bertz CT molecular complexity index is 388. The molecule has 0 atom stereocenters. The van der Waals surface area contributed by atoms with Crippen LogP contribution in [0.15, 0.2) is 12.1 Å². The molecule has 1 aromatic carbocycles. The molecule has 74 valence electrons. The fourth-order valence-corrected chi connectivity index (χ4v) is 1.36. The van der Waals surface area contributed by atoms with E-state index in [1.807, 2.05) is 0 Å². The van der Waals surface area contributed by atoms with Crippen LogP contribution in [0.25, 0.3) is 0 Å². The summed E-state index contributed by atoms with van der Waals surface area (Å²) in [5.41, 5.74) is -0.974. The molecule has 0 aliphatic rings. The van der Waals surface area contributed by atoms with Crippen LogP contribution < -0.4 is 34.7 Å². The minimum absolute atomic E-state index is 0. The second-order valence-electron chi connectivity index (χ2n) is 2.33. The van der Waals surface area contributed by atoms with Gasteiger partial charge in [-0.3, -0.25) is 10.1 Å². The number of nitrogens with zero attached hydrogens (tertiary/aromatic N) is 1. The molecular weight excluding hydrogens is 256 g/mol. The topological polar surface area (TPSA) is 83.3 Å². The van der Waals surface area contributed by atoms with Crippen LogP contribution in [0.1, 0.15) is 10.4 Å². The van der Waals surface area contributed by atoms with Gasteiger partial charge in [0.15, 0.2) is 0 Å². The van der Waals surface area contributed by atoms with E-state index in [0.29, 0.717) is 0 Å². The third kappa shape index (κ3) is 3.32. The molecule has 0 bridgehead atoms. The number of hydrogen-bond acceptors (Lipinski definition) is 4. The van der Waals surface area contributed by atoms with Crippen LogP contribution >= 0.6 is 23.2 Å². The number of carboxylic acid groups (broad SMARTS) is 1. The molecule has 0 amide bonds. The van der Waals surface area contributed by atoms with Gasteiger partial charge in [-0.25, -0.2) is 0 Å². The van der Waals surface area contributed by atoms with Crippen molar-refractivity contribution in [3.63, 3.8) is 0 Å². The Morgan fingerprint density at radius 3 is 2.20 bits per heavy atom. The van der Waals surface area contributed by atoms with E-state index in [1.165, 1.54) is 0 Å². The number of halogens is 2. The Morgan fingerprint density at radius 2 is 1.80 bits per heavy atom. The number of rotatable bonds is 2. The molecule has 0 unspecified atom stereocenters. The van der Waals surface area contributed by atoms with E-state index in [9.17, 15) is 20.0 Å². The summed E-state index contributed by atoms with van der Waals surface area (Å²) in [7, 11) is 0. The molecule has 0 aromatic heterocycles. The zero-order valence-corrected chi connectivity index (χ0v) is 11.0. The van der Waals surface area contributed by atoms with E-state index in [2.05, 4.69) is 0 Å². The maximum atomic E-state index is 10.4. The summed E-state index contributed by atoms with van der Waals surface area (Å²) in [4.78, 5) is 20.0. The van der Waals surface area contributed by atoms with Crippen LogP contribution in [0.2, 0.25) is 10.0 Å². The third-order valence-corrected chi connectivity index (χ3v) is 2.07. The monoisotopic (exact) mass is 257 g/mol. The fraction of sp³-hybridized carbons (Fsp3) is 0. The fourth-order valence-electron chi connectivity index (χ4n) is 0.834. The summed E-state index contributed by atoms with van der Waals surface area (Å²) in [5.74, 6) is -1.59. The van der Waals surface area contributed by atoms with E-state index < -0.39 is 22.1 Å². The summed E-state index contributed by atoms with van der Waals surface area (Å²) in [6.07, 6.45) is 0. The van der Waals surface area contributed by atoms with Gasteiger partial charge in [-0.2, -0.15) is 0 Å². The van der Waals surface area contributed by atoms with Crippen molar-refractivity contribution in [3.8, 4) is 0 Å². The minimum atomic E-state index is -1.59. The molecule has 0 aliphatic carbocycles. The number of aromatic carboxylic acids is 1. The zero-order valence-electron chi connectivity index (χ0n) is 7.49. The standard InChI is InChI=1S/C7H3Cl2NO4.Na/c8-4-2-5(9)6(10(13)14)1-3(4)7(11)12;/h1-2H,(H,11,12);/q;+1/p-1. The molecule has 1 rings (SSSR count). The van der Waals surface area contributed by atoms with E-state index in [-0.39, 0.29) is 39.6 Å². The number of nitro benzene ring substituents is 1. The molecule has 1 aromatic rings. The summed E-state index contributed by atoms with van der Waals surface area (Å²) < 4.78 is 0. The summed E-state index contributed by atoms with van der Waals surface area (Å²) in [6, 6.07) is 1.76. The first kappa shape index (κ1) is 14.7. The van der Waals surface area contributed by atoms with E-state index in [1.54, 1.807) is 0 Å². The number of carbonyl (C=O) groups excluding carboxylic acids is 1. The Hall–Kier alpha value is -0.330. The molecule has 0 heterocycles. The number of hydrogen-bond donors (Lipinski definition) is 0. The Balaban J connectivity index is 0.00000196. The first-order valence-corrected chi connectivity index (χ1v) is 4.04. The average molecular weight is 258 g/mol. The van der Waals surface area contributed by atoms with Crippen LogP contribution in [0.4, 0.5) is 5.69 Å². The Kier molecular flexibility index (Phi) is 5.55. The van der Waals surface area contributed by atoms with Gasteiger partial charge in [0.1, 0.15) is 5.02 Å². The van der Waals surface area contributed by atoms with Crippen molar-refractivity contribution >= 4 is 34.9 Å². The minimum Gasteiger partial charge on any atom is -0.545 e. The van der Waals surface area contributed by atoms with Crippen molar-refractivity contribution in [2.75, 3.05) is 0 Å². The third-order valence-electron chi connectivity index (χ3n) is 1.45. The SMILES string of the molecule is O=C([O-])c1cc([N+](=O)[O-])c(Cl)cc1Cl.[Na+]. The largest absolute Gasteiger partial charge is 1.00 e. The van der Waals surface area contributed by atoms with E-state index >= 15 is 0 Å². The maximum absolute atomic E-state index is 10.4. The van der Waals surface area contributed by atoms with Gasteiger partial charge in [-0.05, 0) is 6.07 Å². The van der Waals surface area contributed by atoms with Crippen molar-refractivity contribution in [2.45, 2.75) is 0 Å².